The van der Waals surface area contributed by atoms with Crippen LogP contribution in [0.25, 0.3) is 11.3 Å². The van der Waals surface area contributed by atoms with Crippen molar-refractivity contribution < 1.29 is 14.7 Å². The monoisotopic (exact) mass is 315 g/mol. The highest BCUT2D eigenvalue weighted by molar-refractivity contribution is 6.07. The van der Waals surface area contributed by atoms with E-state index in [0.717, 1.165) is 35.4 Å². The van der Waals surface area contributed by atoms with Crippen molar-refractivity contribution in [2.75, 3.05) is 14.2 Å². The van der Waals surface area contributed by atoms with Crippen LogP contribution in [0.5, 0.6) is 11.5 Å². The molecular weight excluding hydrogens is 294 g/mol. The van der Waals surface area contributed by atoms with Crippen LogP contribution in [-0.2, 0) is 13.5 Å². The second-order valence-corrected chi connectivity index (χ2v) is 5.92. The van der Waals surface area contributed by atoms with Crippen LogP contribution in [0.1, 0.15) is 24.6 Å². The fourth-order valence-electron chi connectivity index (χ4n) is 3.21. The van der Waals surface area contributed by atoms with Crippen LogP contribution in [0.4, 0.5) is 0 Å². The summed E-state index contributed by atoms with van der Waals surface area (Å²) in [5.74, 6) is 1.75. The third kappa shape index (κ3) is 2.54. The summed E-state index contributed by atoms with van der Waals surface area (Å²) >= 11 is 0. The van der Waals surface area contributed by atoms with Gasteiger partial charge in [-0.05, 0) is 37.0 Å². The molecule has 1 N–H and O–H groups in total. The van der Waals surface area contributed by atoms with E-state index in [1.54, 1.807) is 14.2 Å². The fourth-order valence-corrected chi connectivity index (χ4v) is 3.21. The summed E-state index contributed by atoms with van der Waals surface area (Å²) in [7, 11) is 5.14. The van der Waals surface area contributed by atoms with Gasteiger partial charge in [0.15, 0.2) is 11.5 Å². The fraction of sp³-hybridized carbons (Fsp3) is 0.412. The first-order valence-corrected chi connectivity index (χ1v) is 7.58. The maximum atomic E-state index is 9.43. The lowest BCUT2D eigenvalue weighted by Gasteiger charge is -2.20. The van der Waals surface area contributed by atoms with Crippen LogP contribution >= 0.6 is 0 Å². The van der Waals surface area contributed by atoms with Crippen molar-refractivity contribution >= 4 is 5.71 Å². The first kappa shape index (κ1) is 15.4. The van der Waals surface area contributed by atoms with Crippen LogP contribution in [0.2, 0.25) is 0 Å². The molecular formula is C17H21N3O3. The van der Waals surface area contributed by atoms with Gasteiger partial charge in [0.2, 0.25) is 0 Å². The predicted molar refractivity (Wildman–Crippen MR) is 87.6 cm³/mol. The number of ether oxygens (including phenoxy) is 2. The number of benzene rings is 1. The zero-order valence-electron chi connectivity index (χ0n) is 13.8. The topological polar surface area (TPSA) is 68.9 Å². The molecule has 1 aliphatic carbocycles. The molecule has 23 heavy (non-hydrogen) atoms. The van der Waals surface area contributed by atoms with Crippen LogP contribution in [0.3, 0.4) is 0 Å². The third-order valence-electron chi connectivity index (χ3n) is 4.32. The van der Waals surface area contributed by atoms with Gasteiger partial charge in [-0.2, -0.15) is 5.10 Å². The molecule has 0 fully saturated rings. The lowest BCUT2D eigenvalue weighted by molar-refractivity contribution is 0.316. The summed E-state index contributed by atoms with van der Waals surface area (Å²) in [6, 6.07) is 5.70. The minimum absolute atomic E-state index is 0.432. The molecule has 2 aromatic rings. The SMILES string of the molecule is COc1ccc(-c2nn(C)c3c2C(=NO)CC(C)C3)cc1OC. The molecule has 0 saturated carbocycles. The van der Waals surface area contributed by atoms with Crippen molar-refractivity contribution in [3.05, 3.63) is 29.5 Å². The zero-order chi connectivity index (χ0) is 16.6. The number of hydrogen-bond acceptors (Lipinski definition) is 5. The number of nitrogens with zero attached hydrogens (tertiary/aromatic N) is 3. The van der Waals surface area contributed by atoms with Gasteiger partial charge in [-0.15, -0.1) is 0 Å². The summed E-state index contributed by atoms with van der Waals surface area (Å²) in [6.07, 6.45) is 1.67. The van der Waals surface area contributed by atoms with Gasteiger partial charge in [0.25, 0.3) is 0 Å². The zero-order valence-corrected chi connectivity index (χ0v) is 13.8. The van der Waals surface area contributed by atoms with Crippen LogP contribution < -0.4 is 9.47 Å². The lowest BCUT2D eigenvalue weighted by Crippen LogP contribution is -2.20. The minimum atomic E-state index is 0.432. The van der Waals surface area contributed by atoms with Crippen LogP contribution in [0.15, 0.2) is 23.4 Å². The van der Waals surface area contributed by atoms with Gasteiger partial charge in [0.05, 0.1) is 19.9 Å². The Morgan fingerprint density at radius 1 is 1.22 bits per heavy atom. The number of fused-ring (bicyclic) bond motifs is 1. The maximum Gasteiger partial charge on any atom is 0.161 e. The molecule has 0 radical (unpaired) electrons. The first-order valence-electron chi connectivity index (χ1n) is 7.58. The molecule has 0 saturated heterocycles. The number of rotatable bonds is 3. The van der Waals surface area contributed by atoms with E-state index in [4.69, 9.17) is 9.47 Å². The molecule has 1 aromatic heterocycles. The van der Waals surface area contributed by atoms with Gasteiger partial charge in [-0.3, -0.25) is 4.68 Å². The summed E-state index contributed by atoms with van der Waals surface area (Å²) in [5, 5.41) is 17.6. The van der Waals surface area contributed by atoms with E-state index in [-0.39, 0.29) is 0 Å². The van der Waals surface area contributed by atoms with Crippen LogP contribution in [-0.4, -0.2) is 34.9 Å². The number of aromatic nitrogens is 2. The highest BCUT2D eigenvalue weighted by Gasteiger charge is 2.29. The Hall–Kier alpha value is -2.50. The van der Waals surface area contributed by atoms with E-state index in [1.165, 1.54) is 0 Å². The molecule has 122 valence electrons. The quantitative estimate of drug-likeness (QED) is 0.698. The van der Waals surface area contributed by atoms with Gasteiger partial charge in [0, 0.05) is 23.9 Å². The predicted octanol–water partition coefficient (Wildman–Crippen LogP) is 2.86. The summed E-state index contributed by atoms with van der Waals surface area (Å²) in [5.41, 5.74) is 4.44. The average molecular weight is 315 g/mol. The minimum Gasteiger partial charge on any atom is -0.493 e. The van der Waals surface area contributed by atoms with Crippen molar-refractivity contribution in [1.82, 2.24) is 9.78 Å². The summed E-state index contributed by atoms with van der Waals surface area (Å²) in [6.45, 7) is 2.15. The molecule has 6 nitrogen and oxygen atoms in total. The van der Waals surface area contributed by atoms with E-state index < -0.39 is 0 Å². The Balaban J connectivity index is 2.17. The van der Waals surface area contributed by atoms with E-state index >= 15 is 0 Å². The van der Waals surface area contributed by atoms with Gasteiger partial charge in [0.1, 0.15) is 5.69 Å². The van der Waals surface area contributed by atoms with Crippen molar-refractivity contribution in [2.45, 2.75) is 19.8 Å². The molecule has 6 heteroatoms. The number of methoxy groups -OCH3 is 2. The highest BCUT2D eigenvalue weighted by atomic mass is 16.5. The van der Waals surface area contributed by atoms with Gasteiger partial charge < -0.3 is 14.7 Å². The maximum absolute atomic E-state index is 9.43. The van der Waals surface area contributed by atoms with E-state index in [2.05, 4.69) is 17.2 Å². The number of oxime groups is 1. The molecule has 1 aliphatic rings. The summed E-state index contributed by atoms with van der Waals surface area (Å²) in [4.78, 5) is 0. The van der Waals surface area contributed by atoms with Crippen molar-refractivity contribution in [1.29, 1.82) is 0 Å². The highest BCUT2D eigenvalue weighted by Crippen LogP contribution is 2.37. The van der Waals surface area contributed by atoms with Crippen molar-refractivity contribution in [2.24, 2.45) is 18.1 Å². The van der Waals surface area contributed by atoms with Crippen molar-refractivity contribution in [3.8, 4) is 22.8 Å². The largest absolute Gasteiger partial charge is 0.493 e. The normalized spacial score (nSPS) is 18.8. The molecule has 1 unspecified atom stereocenters. The smallest absolute Gasteiger partial charge is 0.161 e. The Morgan fingerprint density at radius 3 is 2.61 bits per heavy atom. The lowest BCUT2D eigenvalue weighted by atomic mass is 9.85. The van der Waals surface area contributed by atoms with Gasteiger partial charge in [-0.1, -0.05) is 12.1 Å². The Bertz CT molecular complexity index is 765. The molecule has 3 rings (SSSR count). The Morgan fingerprint density at radius 2 is 1.96 bits per heavy atom. The molecule has 1 atom stereocenters. The average Bonchev–Trinajstić information content (AvgIpc) is 2.90. The number of hydrogen-bond donors (Lipinski definition) is 1. The van der Waals surface area contributed by atoms with Gasteiger partial charge >= 0.3 is 0 Å². The molecule has 0 amide bonds. The molecule has 0 aliphatic heterocycles. The van der Waals surface area contributed by atoms with E-state index in [0.29, 0.717) is 23.1 Å². The van der Waals surface area contributed by atoms with E-state index in [1.807, 2.05) is 29.9 Å². The standard InChI is InChI=1S/C17H21N3O3/c1-10-7-12(19-21)16-13(8-10)20(2)18-17(16)11-5-6-14(22-3)15(9-11)23-4/h5-6,9-10,21H,7-8H2,1-4H3. The van der Waals surface area contributed by atoms with Crippen LogP contribution in [0, 0.1) is 5.92 Å². The Kier molecular flexibility index (Phi) is 3.98. The molecule has 1 heterocycles. The second kappa shape index (κ2) is 5.95. The summed E-state index contributed by atoms with van der Waals surface area (Å²) < 4.78 is 12.5. The molecule has 0 bridgehead atoms. The van der Waals surface area contributed by atoms with Gasteiger partial charge in [-0.25, -0.2) is 0 Å². The molecule has 0 spiro atoms. The molecule has 1 aromatic carbocycles. The first-order chi connectivity index (χ1) is 11.1. The third-order valence-corrected chi connectivity index (χ3v) is 4.32. The second-order valence-electron chi connectivity index (χ2n) is 5.92. The van der Waals surface area contributed by atoms with E-state index in [9.17, 15) is 5.21 Å². The number of aryl methyl sites for hydroxylation is 1. The Labute approximate surface area is 135 Å². The van der Waals surface area contributed by atoms with Crippen molar-refractivity contribution in [3.63, 3.8) is 0 Å².